The molecule has 0 aliphatic heterocycles. The van der Waals surface area contributed by atoms with Gasteiger partial charge in [-0.05, 0) is 42.5 Å². The van der Waals surface area contributed by atoms with Crippen molar-refractivity contribution in [2.45, 2.75) is 0 Å². The fourth-order valence-electron chi connectivity index (χ4n) is 6.34. The fourth-order valence-corrected chi connectivity index (χ4v) is 6.34. The number of benzene rings is 6. The topological polar surface area (TPSA) is 14.2 Å². The summed E-state index contributed by atoms with van der Waals surface area (Å²) in [4.78, 5) is 3.87. The van der Waals surface area contributed by atoms with Gasteiger partial charge in [0.15, 0.2) is 0 Å². The molecule has 3 nitrogen and oxygen atoms in total. The van der Waals surface area contributed by atoms with Gasteiger partial charge >= 0.3 is 0 Å². The molecule has 0 amide bonds. The molecule has 192 valence electrons. The van der Waals surface area contributed by atoms with Crippen molar-refractivity contribution in [1.82, 2.24) is 9.13 Å². The van der Waals surface area contributed by atoms with Crippen molar-refractivity contribution in [3.05, 3.63) is 151 Å². The van der Waals surface area contributed by atoms with Crippen LogP contribution in [0.4, 0.5) is 10.1 Å². The summed E-state index contributed by atoms with van der Waals surface area (Å²) in [6.45, 7) is 7.91. The molecule has 0 fully saturated rings. The molecule has 6 aromatic carbocycles. The lowest BCUT2D eigenvalue weighted by atomic mass is 9.99. The zero-order valence-electron chi connectivity index (χ0n) is 21.9. The predicted octanol–water partition coefficient (Wildman–Crippen LogP) is 10.2. The van der Waals surface area contributed by atoms with Crippen LogP contribution in [0, 0.1) is 12.4 Å². The number of nitrogens with zero attached hydrogens (tertiary/aromatic N) is 3. The smallest absolute Gasteiger partial charge is 0.210 e. The molecule has 2 heterocycles. The van der Waals surface area contributed by atoms with E-state index in [4.69, 9.17) is 6.57 Å². The minimum atomic E-state index is -0.267. The van der Waals surface area contributed by atoms with E-state index in [-0.39, 0.29) is 5.82 Å². The van der Waals surface area contributed by atoms with Crippen LogP contribution in [0.15, 0.2) is 133 Å². The highest BCUT2D eigenvalue weighted by Gasteiger charge is 2.22. The molecule has 0 saturated carbocycles. The summed E-state index contributed by atoms with van der Waals surface area (Å²) in [5, 5.41) is 4.30. The summed E-state index contributed by atoms with van der Waals surface area (Å²) in [6, 6.07) is 44.0. The van der Waals surface area contributed by atoms with E-state index in [0.29, 0.717) is 5.69 Å². The Morgan fingerprint density at radius 2 is 1.12 bits per heavy atom. The third kappa shape index (κ3) is 3.36. The minimum Gasteiger partial charge on any atom is -0.318 e. The van der Waals surface area contributed by atoms with Gasteiger partial charge in [0.1, 0.15) is 5.82 Å². The average Bonchev–Trinajstić information content (AvgIpc) is 3.54. The van der Waals surface area contributed by atoms with Crippen LogP contribution in [-0.4, -0.2) is 9.13 Å². The van der Waals surface area contributed by atoms with Gasteiger partial charge in [0.05, 0.1) is 34.3 Å². The Morgan fingerprint density at radius 1 is 0.512 bits per heavy atom. The summed E-state index contributed by atoms with van der Waals surface area (Å²) in [5.74, 6) is -0.267. The van der Waals surface area contributed by atoms with Gasteiger partial charge in [-0.15, -0.1) is 0 Å². The van der Waals surface area contributed by atoms with E-state index in [9.17, 15) is 4.39 Å². The van der Waals surface area contributed by atoms with E-state index < -0.39 is 0 Å². The maximum Gasteiger partial charge on any atom is 0.210 e. The molecule has 4 heteroatoms. The zero-order valence-corrected chi connectivity index (χ0v) is 21.9. The Balaban J connectivity index is 1.58. The summed E-state index contributed by atoms with van der Waals surface area (Å²) in [5.41, 5.74) is 8.42. The summed E-state index contributed by atoms with van der Waals surface area (Å²) < 4.78 is 19.1. The van der Waals surface area contributed by atoms with Gasteiger partial charge in [-0.1, -0.05) is 91.0 Å². The fraction of sp³-hybridized carbons (Fsp3) is 0. The quantitative estimate of drug-likeness (QED) is 0.203. The molecule has 2 aromatic heterocycles. The Hall–Kier alpha value is -5.66. The molecule has 0 atom stereocenters. The number of rotatable bonds is 3. The highest BCUT2D eigenvalue weighted by Crippen LogP contribution is 2.44. The lowest BCUT2D eigenvalue weighted by Gasteiger charge is -2.15. The lowest BCUT2D eigenvalue weighted by Crippen LogP contribution is -1.98. The third-order valence-corrected chi connectivity index (χ3v) is 7.99. The normalized spacial score (nSPS) is 11.5. The van der Waals surface area contributed by atoms with E-state index in [1.54, 1.807) is 6.07 Å². The van der Waals surface area contributed by atoms with Crippen LogP contribution in [0.2, 0.25) is 0 Å². The van der Waals surface area contributed by atoms with Crippen molar-refractivity contribution in [1.29, 1.82) is 0 Å². The minimum absolute atomic E-state index is 0.267. The average molecular weight is 528 g/mol. The molecule has 0 saturated heterocycles. The van der Waals surface area contributed by atoms with Crippen molar-refractivity contribution in [3.63, 3.8) is 0 Å². The number of halogens is 1. The number of hydrogen-bond donors (Lipinski definition) is 0. The van der Waals surface area contributed by atoms with Crippen LogP contribution in [0.5, 0.6) is 0 Å². The Morgan fingerprint density at radius 3 is 1.88 bits per heavy atom. The highest BCUT2D eigenvalue weighted by atomic mass is 19.1. The second-order valence-electron chi connectivity index (χ2n) is 10.2. The number of hydrogen-bond acceptors (Lipinski definition) is 0. The van der Waals surface area contributed by atoms with Crippen molar-refractivity contribution >= 4 is 49.3 Å². The first-order valence-electron chi connectivity index (χ1n) is 13.5. The second kappa shape index (κ2) is 8.94. The molecule has 0 aliphatic rings. The standard InChI is InChI=1S/C37H22FN3/c1-39-32-18-6-8-20-34(32)41-33-19-7-5-13-26(33)28-14-9-17-31(37(28)41)30-16-10-15-29-27-22-21-24(38)23-35(27)40(36(29)30)25-11-3-2-4-12-25/h2-23H. The number of aromatic nitrogens is 2. The first-order chi connectivity index (χ1) is 20.2. The monoisotopic (exact) mass is 527 g/mol. The zero-order chi connectivity index (χ0) is 27.5. The van der Waals surface area contributed by atoms with E-state index in [1.165, 1.54) is 6.07 Å². The molecular formula is C37H22FN3. The van der Waals surface area contributed by atoms with E-state index in [1.807, 2.05) is 54.6 Å². The van der Waals surface area contributed by atoms with Gasteiger partial charge < -0.3 is 9.13 Å². The molecule has 0 aliphatic carbocycles. The van der Waals surface area contributed by atoms with Gasteiger partial charge in [0.2, 0.25) is 5.69 Å². The Kier molecular flexibility index (Phi) is 5.07. The van der Waals surface area contributed by atoms with Crippen LogP contribution in [0.25, 0.3) is 71.0 Å². The van der Waals surface area contributed by atoms with Crippen molar-refractivity contribution < 1.29 is 4.39 Å². The second-order valence-corrected chi connectivity index (χ2v) is 10.2. The van der Waals surface area contributed by atoms with Gasteiger partial charge in [0.25, 0.3) is 0 Å². The molecular weight excluding hydrogens is 505 g/mol. The molecule has 0 bridgehead atoms. The summed E-state index contributed by atoms with van der Waals surface area (Å²) in [6.07, 6.45) is 0. The molecule has 0 unspecified atom stereocenters. The van der Waals surface area contributed by atoms with Crippen molar-refractivity contribution in [3.8, 4) is 22.5 Å². The van der Waals surface area contributed by atoms with Crippen LogP contribution in [0.1, 0.15) is 0 Å². The van der Waals surface area contributed by atoms with Gasteiger partial charge in [-0.2, -0.15) is 0 Å². The maximum atomic E-state index is 14.7. The first kappa shape index (κ1) is 23.2. The maximum absolute atomic E-state index is 14.7. The van der Waals surface area contributed by atoms with Gasteiger partial charge in [-0.25, -0.2) is 9.24 Å². The van der Waals surface area contributed by atoms with Crippen LogP contribution in [0.3, 0.4) is 0 Å². The number of fused-ring (bicyclic) bond motifs is 6. The summed E-state index contributed by atoms with van der Waals surface area (Å²) >= 11 is 0. The Bertz CT molecular complexity index is 2340. The molecule has 8 aromatic rings. The molecule has 41 heavy (non-hydrogen) atoms. The SMILES string of the molecule is [C-]#[N+]c1ccccc1-n1c2ccccc2c2cccc(-c3cccc4c5ccc(F)cc5n(-c5ccccc5)c34)c21. The predicted molar refractivity (Wildman–Crippen MR) is 167 cm³/mol. The van der Waals surface area contributed by atoms with Crippen LogP contribution >= 0.6 is 0 Å². The van der Waals surface area contributed by atoms with E-state index in [0.717, 1.165) is 66.1 Å². The first-order valence-corrected chi connectivity index (χ1v) is 13.5. The lowest BCUT2D eigenvalue weighted by molar-refractivity contribution is 0.629. The Labute approximate surface area is 235 Å². The van der Waals surface area contributed by atoms with Gasteiger partial charge in [-0.3, -0.25) is 0 Å². The molecule has 0 radical (unpaired) electrons. The van der Waals surface area contributed by atoms with E-state index >= 15 is 0 Å². The van der Waals surface area contributed by atoms with Crippen LogP contribution in [-0.2, 0) is 0 Å². The molecule has 0 spiro atoms. The van der Waals surface area contributed by atoms with Crippen molar-refractivity contribution in [2.75, 3.05) is 0 Å². The van der Waals surface area contributed by atoms with Crippen LogP contribution < -0.4 is 0 Å². The molecule has 0 N–H and O–H groups in total. The van der Waals surface area contributed by atoms with Gasteiger partial charge in [0, 0.05) is 38.4 Å². The van der Waals surface area contributed by atoms with Crippen molar-refractivity contribution in [2.24, 2.45) is 0 Å². The largest absolute Gasteiger partial charge is 0.318 e. The summed E-state index contributed by atoms with van der Waals surface area (Å²) in [7, 11) is 0. The number of para-hydroxylation sites is 6. The molecule has 8 rings (SSSR count). The van der Waals surface area contributed by atoms with E-state index in [2.05, 4.69) is 80.7 Å². The third-order valence-electron chi connectivity index (χ3n) is 7.99. The highest BCUT2D eigenvalue weighted by molar-refractivity contribution is 6.19.